The van der Waals surface area contributed by atoms with Crippen LogP contribution in [-0.4, -0.2) is 39.5 Å². The second kappa shape index (κ2) is 8.01. The Morgan fingerprint density at radius 3 is 2.74 bits per heavy atom. The first-order chi connectivity index (χ1) is 16.9. The maximum absolute atomic E-state index is 13.5. The topological polar surface area (TPSA) is 111 Å². The number of fused-ring (bicyclic) bond motifs is 3. The molecule has 2 aliphatic heterocycles. The van der Waals surface area contributed by atoms with Crippen molar-refractivity contribution in [3.8, 4) is 0 Å². The van der Waals surface area contributed by atoms with Crippen LogP contribution in [0.3, 0.4) is 0 Å². The molecule has 2 aromatic heterocycles. The van der Waals surface area contributed by atoms with Crippen LogP contribution in [0.1, 0.15) is 53.2 Å². The number of esters is 1. The van der Waals surface area contributed by atoms with E-state index in [1.807, 2.05) is 6.07 Å². The maximum Gasteiger partial charge on any atom is 0.349 e. The predicted molar refractivity (Wildman–Crippen MR) is 131 cm³/mol. The first kappa shape index (κ1) is 22.0. The third-order valence-electron chi connectivity index (χ3n) is 7.35. The summed E-state index contributed by atoms with van der Waals surface area (Å²) in [6.45, 7) is 1.84. The van der Waals surface area contributed by atoms with Gasteiger partial charge in [0.05, 0.1) is 16.8 Å². The summed E-state index contributed by atoms with van der Waals surface area (Å²) in [7, 11) is 0. The SMILES string of the molecule is Cc1c(C(=O)OCC(=O)N2c3ccccc3NC(=O)C23CCCC3)sc2nc3n(c(=O)c12)CCC3. The molecule has 0 atom stereocenters. The lowest BCUT2D eigenvalue weighted by atomic mass is 9.90. The van der Waals surface area contributed by atoms with E-state index in [1.165, 1.54) is 4.90 Å². The number of carbonyl (C=O) groups is 3. The molecule has 1 N–H and O–H groups in total. The van der Waals surface area contributed by atoms with E-state index in [0.717, 1.165) is 42.8 Å². The first-order valence-electron chi connectivity index (χ1n) is 11.8. The second-order valence-corrected chi connectivity index (χ2v) is 10.3. The van der Waals surface area contributed by atoms with Crippen LogP contribution in [0.4, 0.5) is 11.4 Å². The van der Waals surface area contributed by atoms with E-state index in [9.17, 15) is 19.2 Å². The number of hydrogen-bond donors (Lipinski definition) is 1. The molecule has 4 heterocycles. The molecule has 10 heteroatoms. The van der Waals surface area contributed by atoms with E-state index in [4.69, 9.17) is 4.74 Å². The van der Waals surface area contributed by atoms with Crippen LogP contribution in [0.5, 0.6) is 0 Å². The molecule has 3 aliphatic rings. The summed E-state index contributed by atoms with van der Waals surface area (Å²) in [6, 6.07) is 7.16. The van der Waals surface area contributed by atoms with E-state index in [-0.39, 0.29) is 16.3 Å². The minimum Gasteiger partial charge on any atom is -0.451 e. The van der Waals surface area contributed by atoms with Gasteiger partial charge in [-0.15, -0.1) is 11.3 Å². The quantitative estimate of drug-likeness (QED) is 0.563. The Morgan fingerprint density at radius 2 is 1.94 bits per heavy atom. The third kappa shape index (κ3) is 3.23. The molecule has 0 unspecified atom stereocenters. The number of carbonyl (C=O) groups excluding carboxylic acids is 3. The molecule has 35 heavy (non-hydrogen) atoms. The summed E-state index contributed by atoms with van der Waals surface area (Å²) in [4.78, 5) is 59.4. The van der Waals surface area contributed by atoms with E-state index < -0.39 is 24.0 Å². The molecule has 1 aromatic carbocycles. The van der Waals surface area contributed by atoms with Crippen molar-refractivity contribution in [1.29, 1.82) is 0 Å². The zero-order valence-electron chi connectivity index (χ0n) is 19.3. The van der Waals surface area contributed by atoms with Crippen molar-refractivity contribution in [3.05, 3.63) is 50.9 Å². The van der Waals surface area contributed by atoms with Gasteiger partial charge in [-0.25, -0.2) is 9.78 Å². The normalized spacial score (nSPS) is 18.0. The average Bonchev–Trinajstić information content (AvgIpc) is 3.58. The Kier molecular flexibility index (Phi) is 5.03. The van der Waals surface area contributed by atoms with Crippen molar-refractivity contribution < 1.29 is 19.1 Å². The van der Waals surface area contributed by atoms with Crippen molar-refractivity contribution in [2.24, 2.45) is 0 Å². The molecule has 1 aliphatic carbocycles. The Hall–Kier alpha value is -3.53. The van der Waals surface area contributed by atoms with Gasteiger partial charge in [-0.05, 0) is 43.9 Å². The summed E-state index contributed by atoms with van der Waals surface area (Å²) in [5, 5.41) is 3.37. The van der Waals surface area contributed by atoms with Gasteiger partial charge in [0.2, 0.25) is 0 Å². The highest BCUT2D eigenvalue weighted by atomic mass is 32.1. The molecular weight excluding hydrogens is 468 g/mol. The summed E-state index contributed by atoms with van der Waals surface area (Å²) >= 11 is 1.12. The highest BCUT2D eigenvalue weighted by Crippen LogP contribution is 2.45. The van der Waals surface area contributed by atoms with Gasteiger partial charge in [0.15, 0.2) is 6.61 Å². The fourth-order valence-electron chi connectivity index (χ4n) is 5.66. The summed E-state index contributed by atoms with van der Waals surface area (Å²) in [5.41, 5.74) is 0.599. The molecule has 9 nitrogen and oxygen atoms in total. The molecule has 0 radical (unpaired) electrons. The minimum absolute atomic E-state index is 0.134. The average molecular weight is 493 g/mol. The lowest BCUT2D eigenvalue weighted by Crippen LogP contribution is -2.61. The highest BCUT2D eigenvalue weighted by Gasteiger charge is 2.52. The molecule has 6 rings (SSSR count). The number of aryl methyl sites for hydroxylation is 2. The van der Waals surface area contributed by atoms with Gasteiger partial charge < -0.3 is 10.1 Å². The van der Waals surface area contributed by atoms with Crippen LogP contribution >= 0.6 is 11.3 Å². The van der Waals surface area contributed by atoms with Crippen LogP contribution in [0.2, 0.25) is 0 Å². The van der Waals surface area contributed by atoms with Gasteiger partial charge in [0.1, 0.15) is 21.1 Å². The van der Waals surface area contributed by atoms with Crippen LogP contribution in [-0.2, 0) is 27.3 Å². The van der Waals surface area contributed by atoms with Crippen LogP contribution in [0.25, 0.3) is 10.2 Å². The van der Waals surface area contributed by atoms with Gasteiger partial charge in [-0.3, -0.25) is 23.9 Å². The molecule has 180 valence electrons. The van der Waals surface area contributed by atoms with Crippen molar-refractivity contribution in [3.63, 3.8) is 0 Å². The van der Waals surface area contributed by atoms with Crippen molar-refractivity contribution in [2.75, 3.05) is 16.8 Å². The lowest BCUT2D eigenvalue weighted by Gasteiger charge is -2.44. The number of nitrogens with zero attached hydrogens (tertiary/aromatic N) is 3. The number of nitrogens with one attached hydrogen (secondary N) is 1. The van der Waals surface area contributed by atoms with Gasteiger partial charge in [0.25, 0.3) is 17.4 Å². The van der Waals surface area contributed by atoms with Gasteiger partial charge >= 0.3 is 5.97 Å². The number of hydrogen-bond acceptors (Lipinski definition) is 7. The Balaban J connectivity index is 1.28. The number of rotatable bonds is 3. The molecule has 2 amide bonds. The standard InChI is InChI=1S/C25H24N4O5S/c1-14-19-21(27-17-9-6-12-28(17)22(19)31)35-20(14)23(32)34-13-18(30)29-16-8-3-2-7-15(16)26-24(33)25(29)10-4-5-11-25/h2-3,7-8H,4-6,9-13H2,1H3,(H,26,33). The smallest absolute Gasteiger partial charge is 0.349 e. The van der Waals surface area contributed by atoms with Crippen molar-refractivity contribution in [2.45, 2.75) is 57.5 Å². The van der Waals surface area contributed by atoms with E-state index >= 15 is 0 Å². The van der Waals surface area contributed by atoms with E-state index in [0.29, 0.717) is 46.5 Å². The zero-order chi connectivity index (χ0) is 24.3. The molecule has 3 aromatic rings. The van der Waals surface area contributed by atoms with Gasteiger partial charge in [0, 0.05) is 13.0 Å². The molecule has 1 fully saturated rings. The molecular formula is C25H24N4O5S. The van der Waals surface area contributed by atoms with Crippen LogP contribution < -0.4 is 15.8 Å². The molecule has 1 saturated carbocycles. The van der Waals surface area contributed by atoms with Crippen LogP contribution in [0.15, 0.2) is 29.1 Å². The highest BCUT2D eigenvalue weighted by molar-refractivity contribution is 7.20. The fourth-order valence-corrected chi connectivity index (χ4v) is 6.74. The number of amides is 2. The van der Waals surface area contributed by atoms with E-state index in [1.54, 1.807) is 29.7 Å². The fraction of sp³-hybridized carbons (Fsp3) is 0.400. The van der Waals surface area contributed by atoms with Gasteiger partial charge in [-0.1, -0.05) is 25.0 Å². The number of aromatic nitrogens is 2. The zero-order valence-corrected chi connectivity index (χ0v) is 20.1. The molecule has 0 bridgehead atoms. The second-order valence-electron chi connectivity index (χ2n) is 9.34. The monoisotopic (exact) mass is 492 g/mol. The Morgan fingerprint density at radius 1 is 1.17 bits per heavy atom. The minimum atomic E-state index is -0.968. The first-order valence-corrected chi connectivity index (χ1v) is 12.7. The summed E-state index contributed by atoms with van der Waals surface area (Å²) in [6.07, 6.45) is 4.42. The molecule has 0 saturated heterocycles. The largest absolute Gasteiger partial charge is 0.451 e. The van der Waals surface area contributed by atoms with Gasteiger partial charge in [-0.2, -0.15) is 0 Å². The maximum atomic E-state index is 13.5. The van der Waals surface area contributed by atoms with Crippen molar-refractivity contribution >= 4 is 50.7 Å². The summed E-state index contributed by atoms with van der Waals surface area (Å²) in [5.74, 6) is -0.576. The number of para-hydroxylation sites is 2. The Labute approximate surface area is 204 Å². The van der Waals surface area contributed by atoms with E-state index in [2.05, 4.69) is 10.3 Å². The Bertz CT molecular complexity index is 1470. The summed E-state index contributed by atoms with van der Waals surface area (Å²) < 4.78 is 7.13. The number of thiophene rings is 1. The van der Waals surface area contributed by atoms with Crippen molar-refractivity contribution in [1.82, 2.24) is 9.55 Å². The number of ether oxygens (including phenoxy) is 1. The van der Waals surface area contributed by atoms with Crippen LogP contribution in [0, 0.1) is 6.92 Å². The molecule has 1 spiro atoms. The number of anilines is 2. The number of benzene rings is 1. The lowest BCUT2D eigenvalue weighted by molar-refractivity contribution is -0.129. The third-order valence-corrected chi connectivity index (χ3v) is 8.51. The predicted octanol–water partition coefficient (Wildman–Crippen LogP) is 3.17.